The zero-order valence-electron chi connectivity index (χ0n) is 17.8. The van der Waals surface area contributed by atoms with Gasteiger partial charge >= 0.3 is 11.9 Å². The lowest BCUT2D eigenvalue weighted by atomic mass is 10.1. The highest BCUT2D eigenvalue weighted by molar-refractivity contribution is 5.72. The van der Waals surface area contributed by atoms with E-state index in [0.717, 1.165) is 18.4 Å². The third kappa shape index (κ3) is 13.3. The van der Waals surface area contributed by atoms with Gasteiger partial charge in [-0.15, -0.1) is 0 Å². The smallest absolute Gasteiger partial charge is 0.306 e. The quantitative estimate of drug-likeness (QED) is 0.246. The molecule has 0 aliphatic carbocycles. The first kappa shape index (κ1) is 24.2. The third-order valence-electron chi connectivity index (χ3n) is 4.79. The Morgan fingerprint density at radius 1 is 0.714 bits per heavy atom. The molecule has 0 heterocycles. The van der Waals surface area contributed by atoms with Crippen LogP contribution in [0.2, 0.25) is 0 Å². The van der Waals surface area contributed by atoms with Gasteiger partial charge in [-0.1, -0.05) is 88.1 Å². The van der Waals surface area contributed by atoms with E-state index >= 15 is 0 Å². The van der Waals surface area contributed by atoms with E-state index in [9.17, 15) is 9.59 Å². The van der Waals surface area contributed by atoms with Crippen molar-refractivity contribution in [1.29, 1.82) is 0 Å². The summed E-state index contributed by atoms with van der Waals surface area (Å²) in [7, 11) is 0. The SMILES string of the molecule is CCCCCCCCCCCOC(=O)CCCC(=O)OCc1ccc(C)cc1. The topological polar surface area (TPSA) is 52.6 Å². The monoisotopic (exact) mass is 390 g/mol. The molecule has 1 aromatic carbocycles. The average Bonchev–Trinajstić information content (AvgIpc) is 2.69. The number of benzene rings is 1. The number of carbonyl (C=O) groups excluding carboxylic acids is 2. The summed E-state index contributed by atoms with van der Waals surface area (Å²) >= 11 is 0. The molecule has 0 fully saturated rings. The second kappa shape index (κ2) is 16.1. The minimum absolute atomic E-state index is 0.217. The molecule has 0 N–H and O–H groups in total. The lowest BCUT2D eigenvalue weighted by Gasteiger charge is -2.06. The Labute approximate surface area is 171 Å². The fraction of sp³-hybridized carbons (Fsp3) is 0.667. The second-order valence-electron chi connectivity index (χ2n) is 7.55. The molecule has 0 atom stereocenters. The lowest BCUT2D eigenvalue weighted by molar-refractivity contribution is -0.146. The fourth-order valence-corrected chi connectivity index (χ4v) is 2.97. The summed E-state index contributed by atoms with van der Waals surface area (Å²) in [5.41, 5.74) is 2.15. The molecule has 0 aromatic heterocycles. The van der Waals surface area contributed by atoms with E-state index in [1.165, 1.54) is 50.5 Å². The Bertz CT molecular complexity index is 536. The molecule has 0 saturated heterocycles. The Morgan fingerprint density at radius 3 is 1.86 bits per heavy atom. The van der Waals surface area contributed by atoms with Crippen molar-refractivity contribution in [2.24, 2.45) is 0 Å². The molecule has 0 aliphatic heterocycles. The van der Waals surface area contributed by atoms with Crippen molar-refractivity contribution in [3.8, 4) is 0 Å². The van der Waals surface area contributed by atoms with Crippen LogP contribution in [0.15, 0.2) is 24.3 Å². The van der Waals surface area contributed by atoms with Crippen molar-refractivity contribution in [3.05, 3.63) is 35.4 Å². The van der Waals surface area contributed by atoms with Gasteiger partial charge in [-0.3, -0.25) is 9.59 Å². The normalized spacial score (nSPS) is 10.6. The van der Waals surface area contributed by atoms with Crippen LogP contribution in [-0.2, 0) is 25.7 Å². The van der Waals surface area contributed by atoms with Gasteiger partial charge in [0.1, 0.15) is 6.61 Å². The van der Waals surface area contributed by atoms with Gasteiger partial charge in [0.25, 0.3) is 0 Å². The summed E-state index contributed by atoms with van der Waals surface area (Å²) in [5.74, 6) is -0.488. The van der Waals surface area contributed by atoms with Crippen LogP contribution < -0.4 is 0 Å². The van der Waals surface area contributed by atoms with E-state index in [-0.39, 0.29) is 31.4 Å². The molecular weight excluding hydrogens is 352 g/mol. The van der Waals surface area contributed by atoms with Crippen molar-refractivity contribution in [1.82, 2.24) is 0 Å². The maximum atomic E-state index is 11.7. The van der Waals surface area contributed by atoms with Gasteiger partial charge in [0.05, 0.1) is 6.61 Å². The second-order valence-corrected chi connectivity index (χ2v) is 7.55. The zero-order chi connectivity index (χ0) is 20.5. The number of hydrogen-bond acceptors (Lipinski definition) is 4. The number of aryl methyl sites for hydroxylation is 1. The molecular formula is C24H38O4. The maximum Gasteiger partial charge on any atom is 0.306 e. The molecule has 1 aromatic rings. The van der Waals surface area contributed by atoms with Gasteiger partial charge in [-0.25, -0.2) is 0 Å². The Morgan fingerprint density at radius 2 is 1.25 bits per heavy atom. The highest BCUT2D eigenvalue weighted by Crippen LogP contribution is 2.10. The molecule has 0 bridgehead atoms. The molecule has 0 unspecified atom stereocenters. The molecule has 0 spiro atoms. The molecule has 1 rings (SSSR count). The highest BCUT2D eigenvalue weighted by atomic mass is 16.5. The summed E-state index contributed by atoms with van der Waals surface area (Å²) in [5, 5.41) is 0. The molecule has 158 valence electrons. The molecule has 0 radical (unpaired) electrons. The minimum atomic E-state index is -0.271. The van der Waals surface area contributed by atoms with E-state index < -0.39 is 0 Å². The van der Waals surface area contributed by atoms with Gasteiger partial charge in [0.15, 0.2) is 0 Å². The number of hydrogen-bond donors (Lipinski definition) is 0. The average molecular weight is 391 g/mol. The van der Waals surface area contributed by atoms with E-state index in [1.54, 1.807) is 0 Å². The molecule has 28 heavy (non-hydrogen) atoms. The summed E-state index contributed by atoms with van der Waals surface area (Å²) < 4.78 is 10.5. The van der Waals surface area contributed by atoms with E-state index in [4.69, 9.17) is 9.47 Å². The molecule has 0 aliphatic rings. The van der Waals surface area contributed by atoms with Crippen LogP contribution in [0.25, 0.3) is 0 Å². The van der Waals surface area contributed by atoms with Crippen molar-refractivity contribution >= 4 is 11.9 Å². The van der Waals surface area contributed by atoms with Crippen LogP contribution in [0.4, 0.5) is 0 Å². The molecule has 4 heteroatoms. The third-order valence-corrected chi connectivity index (χ3v) is 4.79. The predicted molar refractivity (Wildman–Crippen MR) is 113 cm³/mol. The van der Waals surface area contributed by atoms with Gasteiger partial charge in [-0.05, 0) is 25.3 Å². The standard InChI is InChI=1S/C24H38O4/c1-3-4-5-6-7-8-9-10-11-19-27-23(25)13-12-14-24(26)28-20-22-17-15-21(2)16-18-22/h15-18H,3-14,19-20H2,1-2H3. The number of carbonyl (C=O) groups is 2. The molecule has 0 amide bonds. The Balaban J connectivity index is 1.91. The number of esters is 2. The van der Waals surface area contributed by atoms with Crippen LogP contribution in [-0.4, -0.2) is 18.5 Å². The highest BCUT2D eigenvalue weighted by Gasteiger charge is 2.07. The largest absolute Gasteiger partial charge is 0.466 e. The number of rotatable bonds is 16. The summed E-state index contributed by atoms with van der Waals surface area (Å²) in [6, 6.07) is 7.89. The first-order chi connectivity index (χ1) is 13.6. The maximum absolute atomic E-state index is 11.7. The van der Waals surface area contributed by atoms with Gasteiger partial charge in [0, 0.05) is 12.8 Å². The predicted octanol–water partition coefficient (Wildman–Crippen LogP) is 6.28. The van der Waals surface area contributed by atoms with Crippen molar-refractivity contribution < 1.29 is 19.1 Å². The first-order valence-corrected chi connectivity index (χ1v) is 11.0. The van der Waals surface area contributed by atoms with Gasteiger partial charge < -0.3 is 9.47 Å². The molecule has 4 nitrogen and oxygen atoms in total. The number of unbranched alkanes of at least 4 members (excludes halogenated alkanes) is 8. The Hall–Kier alpha value is -1.84. The van der Waals surface area contributed by atoms with Crippen LogP contribution in [0.3, 0.4) is 0 Å². The molecule has 0 saturated carbocycles. The summed E-state index contributed by atoms with van der Waals surface area (Å²) in [6.45, 7) is 5.03. The summed E-state index contributed by atoms with van der Waals surface area (Å²) in [4.78, 5) is 23.4. The lowest BCUT2D eigenvalue weighted by Crippen LogP contribution is -2.09. The first-order valence-electron chi connectivity index (χ1n) is 11.0. The van der Waals surface area contributed by atoms with Crippen LogP contribution in [0.5, 0.6) is 0 Å². The van der Waals surface area contributed by atoms with Crippen molar-refractivity contribution in [2.45, 2.75) is 97.5 Å². The van der Waals surface area contributed by atoms with Crippen LogP contribution in [0, 0.1) is 6.92 Å². The van der Waals surface area contributed by atoms with Gasteiger partial charge in [-0.2, -0.15) is 0 Å². The fourth-order valence-electron chi connectivity index (χ4n) is 2.97. The minimum Gasteiger partial charge on any atom is -0.466 e. The number of ether oxygens (including phenoxy) is 2. The van der Waals surface area contributed by atoms with E-state index in [1.807, 2.05) is 31.2 Å². The Kier molecular flexibility index (Phi) is 14.0. The van der Waals surface area contributed by atoms with Crippen molar-refractivity contribution in [3.63, 3.8) is 0 Å². The zero-order valence-corrected chi connectivity index (χ0v) is 17.8. The van der Waals surface area contributed by atoms with E-state index in [0.29, 0.717) is 13.0 Å². The van der Waals surface area contributed by atoms with Crippen LogP contribution >= 0.6 is 0 Å². The summed E-state index contributed by atoms with van der Waals surface area (Å²) in [6.07, 6.45) is 12.2. The van der Waals surface area contributed by atoms with E-state index in [2.05, 4.69) is 6.92 Å². The van der Waals surface area contributed by atoms with Gasteiger partial charge in [0.2, 0.25) is 0 Å². The van der Waals surface area contributed by atoms with Crippen LogP contribution in [0.1, 0.15) is 95.1 Å². The van der Waals surface area contributed by atoms with Crippen molar-refractivity contribution in [2.75, 3.05) is 6.61 Å².